The molecule has 0 aromatic heterocycles. The molecule has 5 heteroatoms. The molecule has 1 atom stereocenters. The number of ether oxygens (including phenoxy) is 1. The average molecular weight is 281 g/mol. The maximum absolute atomic E-state index is 14.0. The lowest BCUT2D eigenvalue weighted by Gasteiger charge is -2.27. The molecule has 1 unspecified atom stereocenters. The Morgan fingerprint density at radius 2 is 2.35 bits per heavy atom. The van der Waals surface area contributed by atoms with Gasteiger partial charge in [-0.25, -0.2) is 9.18 Å². The van der Waals surface area contributed by atoms with Crippen LogP contribution >= 0.6 is 0 Å². The van der Waals surface area contributed by atoms with Crippen molar-refractivity contribution >= 4 is 5.97 Å². The molecule has 0 aliphatic carbocycles. The van der Waals surface area contributed by atoms with Crippen LogP contribution in [0.25, 0.3) is 0 Å². The summed E-state index contributed by atoms with van der Waals surface area (Å²) in [5, 5.41) is 8.92. The van der Waals surface area contributed by atoms with Crippen LogP contribution < -0.4 is 0 Å². The van der Waals surface area contributed by atoms with Gasteiger partial charge in [-0.1, -0.05) is 12.1 Å². The number of nitrogens with zero attached hydrogens (tertiary/aromatic N) is 1. The Bertz CT molecular complexity index is 472. The average Bonchev–Trinajstić information content (AvgIpc) is 2.42. The minimum absolute atomic E-state index is 0.267. The summed E-state index contributed by atoms with van der Waals surface area (Å²) in [7, 11) is 1.92. The Balaban J connectivity index is 1.98. The number of carboxylic acid groups (broad SMARTS) is 1. The van der Waals surface area contributed by atoms with Gasteiger partial charge in [-0.05, 0) is 31.9 Å². The first-order valence-corrected chi connectivity index (χ1v) is 6.85. The van der Waals surface area contributed by atoms with Crippen LogP contribution in [0.4, 0.5) is 4.39 Å². The highest BCUT2D eigenvalue weighted by molar-refractivity contribution is 5.88. The molecule has 0 radical (unpaired) electrons. The molecule has 0 saturated carbocycles. The third-order valence-electron chi connectivity index (χ3n) is 3.57. The van der Waals surface area contributed by atoms with Gasteiger partial charge in [-0.15, -0.1) is 0 Å². The highest BCUT2D eigenvalue weighted by Crippen LogP contribution is 2.18. The van der Waals surface area contributed by atoms with E-state index in [-0.39, 0.29) is 5.56 Å². The van der Waals surface area contributed by atoms with Gasteiger partial charge < -0.3 is 14.7 Å². The maximum Gasteiger partial charge on any atom is 0.338 e. The van der Waals surface area contributed by atoms with Gasteiger partial charge in [0.25, 0.3) is 0 Å². The second kappa shape index (κ2) is 6.81. The van der Waals surface area contributed by atoms with Gasteiger partial charge in [0.15, 0.2) is 0 Å². The fourth-order valence-electron chi connectivity index (χ4n) is 2.61. The van der Waals surface area contributed by atoms with E-state index >= 15 is 0 Å². The molecule has 110 valence electrons. The minimum atomic E-state index is -1.23. The van der Waals surface area contributed by atoms with Crippen LogP contribution in [-0.2, 0) is 11.3 Å². The largest absolute Gasteiger partial charge is 0.478 e. The summed E-state index contributed by atoms with van der Waals surface area (Å²) in [6, 6.07) is 4.51. The molecule has 2 rings (SSSR count). The summed E-state index contributed by atoms with van der Waals surface area (Å²) in [6.45, 7) is 2.82. The van der Waals surface area contributed by atoms with E-state index in [9.17, 15) is 9.18 Å². The van der Waals surface area contributed by atoms with Gasteiger partial charge in [-0.2, -0.15) is 0 Å². The van der Waals surface area contributed by atoms with E-state index in [1.165, 1.54) is 6.07 Å². The number of benzene rings is 1. The molecular weight excluding hydrogens is 261 g/mol. The molecule has 4 nitrogen and oxygen atoms in total. The molecule has 1 aliphatic heterocycles. The molecule has 1 heterocycles. The normalized spacial score (nSPS) is 19.2. The minimum Gasteiger partial charge on any atom is -0.478 e. The van der Waals surface area contributed by atoms with Gasteiger partial charge in [-0.3, -0.25) is 0 Å². The third-order valence-corrected chi connectivity index (χ3v) is 3.57. The first kappa shape index (κ1) is 14.9. The van der Waals surface area contributed by atoms with Gasteiger partial charge in [0.05, 0.1) is 12.2 Å². The number of hydrogen-bond acceptors (Lipinski definition) is 3. The fraction of sp³-hybridized carbons (Fsp3) is 0.533. The van der Waals surface area contributed by atoms with Crippen LogP contribution in [0.15, 0.2) is 18.2 Å². The van der Waals surface area contributed by atoms with E-state index in [1.54, 1.807) is 12.1 Å². The van der Waals surface area contributed by atoms with E-state index in [2.05, 4.69) is 0 Å². The molecule has 0 amide bonds. The molecule has 1 aliphatic rings. The van der Waals surface area contributed by atoms with E-state index in [0.29, 0.717) is 18.0 Å². The Hall–Kier alpha value is -1.46. The number of hydrogen-bond donors (Lipinski definition) is 1. The number of rotatable bonds is 5. The van der Waals surface area contributed by atoms with Crippen LogP contribution in [-0.4, -0.2) is 42.8 Å². The van der Waals surface area contributed by atoms with Crippen LogP contribution in [0, 0.1) is 11.7 Å². The van der Waals surface area contributed by atoms with Gasteiger partial charge in [0, 0.05) is 25.3 Å². The van der Waals surface area contributed by atoms with Crippen molar-refractivity contribution in [3.63, 3.8) is 0 Å². The van der Waals surface area contributed by atoms with Crippen molar-refractivity contribution in [1.29, 1.82) is 0 Å². The Morgan fingerprint density at radius 3 is 3.00 bits per heavy atom. The summed E-state index contributed by atoms with van der Waals surface area (Å²) >= 11 is 0. The number of carbonyl (C=O) groups is 1. The van der Waals surface area contributed by atoms with E-state index in [1.807, 2.05) is 11.9 Å². The van der Waals surface area contributed by atoms with Crippen LogP contribution in [0.2, 0.25) is 0 Å². The molecule has 1 fully saturated rings. The van der Waals surface area contributed by atoms with Crippen molar-refractivity contribution < 1.29 is 19.0 Å². The molecule has 1 aromatic carbocycles. The van der Waals surface area contributed by atoms with Gasteiger partial charge in [0.2, 0.25) is 0 Å². The summed E-state index contributed by atoms with van der Waals surface area (Å²) in [4.78, 5) is 12.9. The second-order valence-corrected chi connectivity index (χ2v) is 5.36. The topological polar surface area (TPSA) is 49.8 Å². The lowest BCUT2D eigenvalue weighted by molar-refractivity contribution is 0.0410. The van der Waals surface area contributed by atoms with Crippen LogP contribution in [0.1, 0.15) is 28.8 Å². The molecule has 1 aromatic rings. The standard InChI is InChI=1S/C15H20FNO3/c1-17(8-11-4-3-7-20-10-11)9-12-5-2-6-13(14(12)16)15(18)19/h2,5-6,11H,3-4,7-10H2,1H3,(H,18,19). The maximum atomic E-state index is 14.0. The van der Waals surface area contributed by atoms with Crippen molar-refractivity contribution in [2.45, 2.75) is 19.4 Å². The smallest absolute Gasteiger partial charge is 0.338 e. The second-order valence-electron chi connectivity index (χ2n) is 5.36. The summed E-state index contributed by atoms with van der Waals surface area (Å²) < 4.78 is 19.5. The zero-order valence-corrected chi connectivity index (χ0v) is 11.6. The van der Waals surface area contributed by atoms with E-state index in [0.717, 1.165) is 32.6 Å². The van der Waals surface area contributed by atoms with E-state index < -0.39 is 11.8 Å². The number of aromatic carboxylic acids is 1. The predicted octanol–water partition coefficient (Wildman–Crippen LogP) is 2.38. The highest BCUT2D eigenvalue weighted by Gasteiger charge is 2.18. The predicted molar refractivity (Wildman–Crippen MR) is 73.2 cm³/mol. The molecule has 1 N–H and O–H groups in total. The molecule has 0 spiro atoms. The summed E-state index contributed by atoms with van der Waals surface area (Å²) in [5.41, 5.74) is 0.154. The first-order valence-electron chi connectivity index (χ1n) is 6.85. The van der Waals surface area contributed by atoms with Crippen molar-refractivity contribution in [2.24, 2.45) is 5.92 Å². The zero-order valence-electron chi connectivity index (χ0n) is 11.6. The van der Waals surface area contributed by atoms with Crippen molar-refractivity contribution in [3.8, 4) is 0 Å². The lowest BCUT2D eigenvalue weighted by atomic mass is 10.0. The van der Waals surface area contributed by atoms with Gasteiger partial charge >= 0.3 is 5.97 Å². The number of carboxylic acids is 1. The SMILES string of the molecule is CN(Cc1cccc(C(=O)O)c1F)CC1CCCOC1. The Labute approximate surface area is 118 Å². The third kappa shape index (κ3) is 3.77. The molecule has 20 heavy (non-hydrogen) atoms. The Morgan fingerprint density at radius 1 is 1.55 bits per heavy atom. The van der Waals surface area contributed by atoms with Gasteiger partial charge in [0.1, 0.15) is 5.82 Å². The molecular formula is C15H20FNO3. The quantitative estimate of drug-likeness (QED) is 0.900. The van der Waals surface area contributed by atoms with Crippen molar-refractivity contribution in [2.75, 3.05) is 26.8 Å². The highest BCUT2D eigenvalue weighted by atomic mass is 19.1. The lowest BCUT2D eigenvalue weighted by Crippen LogP contribution is -2.31. The first-order chi connectivity index (χ1) is 9.58. The summed E-state index contributed by atoms with van der Waals surface area (Å²) in [6.07, 6.45) is 2.20. The number of halogens is 1. The zero-order chi connectivity index (χ0) is 14.5. The monoisotopic (exact) mass is 281 g/mol. The molecule has 0 bridgehead atoms. The van der Waals surface area contributed by atoms with Crippen LogP contribution in [0.5, 0.6) is 0 Å². The summed E-state index contributed by atoms with van der Waals surface area (Å²) in [5.74, 6) is -1.39. The van der Waals surface area contributed by atoms with E-state index in [4.69, 9.17) is 9.84 Å². The fourth-order valence-corrected chi connectivity index (χ4v) is 2.61. The van der Waals surface area contributed by atoms with Crippen molar-refractivity contribution in [3.05, 3.63) is 35.1 Å². The van der Waals surface area contributed by atoms with Crippen LogP contribution in [0.3, 0.4) is 0 Å². The van der Waals surface area contributed by atoms with Crippen molar-refractivity contribution in [1.82, 2.24) is 4.90 Å². The molecule has 1 saturated heterocycles. The Kier molecular flexibility index (Phi) is 5.09.